The van der Waals surface area contributed by atoms with E-state index in [0.29, 0.717) is 5.92 Å². The van der Waals surface area contributed by atoms with Gasteiger partial charge in [0.2, 0.25) is 0 Å². The summed E-state index contributed by atoms with van der Waals surface area (Å²) in [6.45, 7) is 3.88. The predicted molar refractivity (Wildman–Crippen MR) is 77.0 cm³/mol. The summed E-state index contributed by atoms with van der Waals surface area (Å²) < 4.78 is 18.7. The molecule has 1 aromatic carbocycles. The van der Waals surface area contributed by atoms with Gasteiger partial charge in [0, 0.05) is 24.4 Å². The van der Waals surface area contributed by atoms with E-state index in [-0.39, 0.29) is 5.82 Å². The number of fused-ring (bicyclic) bond motifs is 1. The Kier molecular flexibility index (Phi) is 3.77. The van der Waals surface area contributed by atoms with E-state index in [4.69, 9.17) is 5.73 Å². The van der Waals surface area contributed by atoms with Crippen LogP contribution >= 0.6 is 11.5 Å². The molecule has 0 saturated carbocycles. The Labute approximate surface area is 116 Å². The van der Waals surface area contributed by atoms with Crippen LogP contribution in [-0.4, -0.2) is 35.5 Å². The van der Waals surface area contributed by atoms with E-state index in [2.05, 4.69) is 9.27 Å². The topological polar surface area (TPSA) is 42.1 Å². The molecular formula is C14H18FN3S. The second-order valence-corrected chi connectivity index (χ2v) is 5.92. The second kappa shape index (κ2) is 5.53. The summed E-state index contributed by atoms with van der Waals surface area (Å²) in [4.78, 5) is 2.41. The molecular weight excluding hydrogens is 261 g/mol. The van der Waals surface area contributed by atoms with Crippen LogP contribution in [0.4, 0.5) is 4.39 Å². The van der Waals surface area contributed by atoms with Crippen molar-refractivity contribution in [3.05, 3.63) is 29.7 Å². The molecule has 5 heteroatoms. The number of aromatic nitrogens is 1. The summed E-state index contributed by atoms with van der Waals surface area (Å²) in [5.41, 5.74) is 6.75. The fourth-order valence-corrected chi connectivity index (χ4v) is 3.72. The van der Waals surface area contributed by atoms with Crippen molar-refractivity contribution < 1.29 is 4.39 Å². The Balaban J connectivity index is 1.78. The zero-order valence-corrected chi connectivity index (χ0v) is 11.6. The minimum absolute atomic E-state index is 0.180. The highest BCUT2D eigenvalue weighted by Gasteiger charge is 2.23. The Morgan fingerprint density at radius 2 is 2.16 bits per heavy atom. The average molecular weight is 279 g/mol. The van der Waals surface area contributed by atoms with E-state index in [1.807, 2.05) is 6.07 Å². The van der Waals surface area contributed by atoms with Gasteiger partial charge in [0.25, 0.3) is 0 Å². The van der Waals surface area contributed by atoms with E-state index >= 15 is 0 Å². The first-order valence-electron chi connectivity index (χ1n) is 6.75. The molecule has 0 bridgehead atoms. The minimum Gasteiger partial charge on any atom is -0.329 e. The molecule has 102 valence electrons. The molecule has 0 spiro atoms. The number of hydrogen-bond acceptors (Lipinski definition) is 4. The number of nitrogens with two attached hydrogens (primary N) is 1. The molecule has 1 aromatic heterocycles. The predicted octanol–water partition coefficient (Wildman–Crippen LogP) is 2.57. The Morgan fingerprint density at radius 3 is 2.89 bits per heavy atom. The van der Waals surface area contributed by atoms with Crippen molar-refractivity contribution in [2.24, 2.45) is 5.73 Å². The van der Waals surface area contributed by atoms with Crippen molar-refractivity contribution in [2.75, 3.05) is 26.2 Å². The molecule has 1 aliphatic rings. The second-order valence-electron chi connectivity index (χ2n) is 5.11. The van der Waals surface area contributed by atoms with E-state index in [0.717, 1.165) is 54.8 Å². The molecule has 1 saturated heterocycles. The zero-order chi connectivity index (χ0) is 13.2. The maximum absolute atomic E-state index is 13.2. The molecule has 3 nitrogen and oxygen atoms in total. The fourth-order valence-electron chi connectivity index (χ4n) is 2.84. The molecule has 2 aromatic rings. The maximum Gasteiger partial charge on any atom is 0.124 e. The lowest BCUT2D eigenvalue weighted by molar-refractivity contribution is 0.217. The van der Waals surface area contributed by atoms with Crippen LogP contribution in [0.1, 0.15) is 24.5 Å². The zero-order valence-electron chi connectivity index (χ0n) is 10.8. The Bertz CT molecular complexity index is 561. The SMILES string of the molecule is NCCN1CCC(c2nsc3cc(F)ccc23)CC1. The van der Waals surface area contributed by atoms with Gasteiger partial charge >= 0.3 is 0 Å². The molecule has 0 radical (unpaired) electrons. The number of nitrogens with zero attached hydrogens (tertiary/aromatic N) is 2. The van der Waals surface area contributed by atoms with Crippen molar-refractivity contribution >= 4 is 21.6 Å². The van der Waals surface area contributed by atoms with Crippen molar-refractivity contribution in [2.45, 2.75) is 18.8 Å². The number of hydrogen-bond donors (Lipinski definition) is 1. The van der Waals surface area contributed by atoms with Gasteiger partial charge in [-0.15, -0.1) is 0 Å². The number of likely N-dealkylation sites (tertiary alicyclic amines) is 1. The molecule has 2 N–H and O–H groups in total. The molecule has 0 aliphatic carbocycles. The highest BCUT2D eigenvalue weighted by Crippen LogP contribution is 2.34. The first-order chi connectivity index (χ1) is 9.28. The Morgan fingerprint density at radius 1 is 1.37 bits per heavy atom. The van der Waals surface area contributed by atoms with E-state index in [1.54, 1.807) is 6.07 Å². The quantitative estimate of drug-likeness (QED) is 0.939. The van der Waals surface area contributed by atoms with Gasteiger partial charge in [0.05, 0.1) is 10.4 Å². The third-order valence-corrected chi connectivity index (χ3v) is 4.70. The van der Waals surface area contributed by atoms with E-state index in [9.17, 15) is 4.39 Å². The summed E-state index contributed by atoms with van der Waals surface area (Å²) in [6.07, 6.45) is 2.24. The maximum atomic E-state index is 13.2. The van der Waals surface area contributed by atoms with E-state index in [1.165, 1.54) is 17.6 Å². The van der Waals surface area contributed by atoms with Crippen LogP contribution in [0.3, 0.4) is 0 Å². The standard InChI is InChI=1S/C14H18FN3S/c15-11-1-2-12-13(9-11)19-17-14(12)10-3-6-18(7-4-10)8-5-16/h1-2,9-10H,3-8,16H2. The normalized spacial score (nSPS) is 18.2. The average Bonchev–Trinajstić information content (AvgIpc) is 2.83. The summed E-state index contributed by atoms with van der Waals surface area (Å²) in [5, 5.41) is 1.13. The van der Waals surface area contributed by atoms with Crippen molar-refractivity contribution in [3.8, 4) is 0 Å². The number of benzene rings is 1. The van der Waals surface area contributed by atoms with Crippen molar-refractivity contribution in [1.82, 2.24) is 9.27 Å². The lowest BCUT2D eigenvalue weighted by atomic mass is 9.91. The molecule has 2 heterocycles. The summed E-state index contributed by atoms with van der Waals surface area (Å²) in [5.74, 6) is 0.328. The molecule has 0 unspecified atom stereocenters. The van der Waals surface area contributed by atoms with Gasteiger partial charge in [-0.2, -0.15) is 4.37 Å². The van der Waals surface area contributed by atoms with Gasteiger partial charge in [0.15, 0.2) is 0 Å². The molecule has 1 fully saturated rings. The molecule has 19 heavy (non-hydrogen) atoms. The van der Waals surface area contributed by atoms with Crippen LogP contribution in [0.15, 0.2) is 18.2 Å². The van der Waals surface area contributed by atoms with Crippen molar-refractivity contribution in [1.29, 1.82) is 0 Å². The number of piperidine rings is 1. The van der Waals surface area contributed by atoms with Crippen LogP contribution in [-0.2, 0) is 0 Å². The first kappa shape index (κ1) is 13.0. The van der Waals surface area contributed by atoms with Gasteiger partial charge in [-0.3, -0.25) is 0 Å². The molecule has 0 amide bonds. The van der Waals surface area contributed by atoms with Gasteiger partial charge in [-0.25, -0.2) is 4.39 Å². The monoisotopic (exact) mass is 279 g/mol. The molecule has 1 aliphatic heterocycles. The van der Waals surface area contributed by atoms with Crippen LogP contribution in [0.25, 0.3) is 10.1 Å². The lowest BCUT2D eigenvalue weighted by Crippen LogP contribution is -2.36. The van der Waals surface area contributed by atoms with Gasteiger partial charge < -0.3 is 10.6 Å². The summed E-state index contributed by atoms with van der Waals surface area (Å²) >= 11 is 1.41. The number of halogens is 1. The number of rotatable bonds is 3. The fraction of sp³-hybridized carbons (Fsp3) is 0.500. The van der Waals surface area contributed by atoms with Gasteiger partial charge in [-0.1, -0.05) is 0 Å². The summed E-state index contributed by atoms with van der Waals surface area (Å²) in [7, 11) is 0. The van der Waals surface area contributed by atoms with Crippen LogP contribution < -0.4 is 5.73 Å². The van der Waals surface area contributed by atoms with Crippen LogP contribution in [0.5, 0.6) is 0 Å². The first-order valence-corrected chi connectivity index (χ1v) is 7.52. The van der Waals surface area contributed by atoms with Crippen LogP contribution in [0, 0.1) is 5.82 Å². The Hall–Kier alpha value is -1.04. The van der Waals surface area contributed by atoms with Gasteiger partial charge in [0.1, 0.15) is 5.82 Å². The highest BCUT2D eigenvalue weighted by molar-refractivity contribution is 7.13. The van der Waals surface area contributed by atoms with Gasteiger partial charge in [-0.05, 0) is 55.7 Å². The largest absolute Gasteiger partial charge is 0.329 e. The lowest BCUT2D eigenvalue weighted by Gasteiger charge is -2.30. The summed E-state index contributed by atoms with van der Waals surface area (Å²) in [6, 6.07) is 4.99. The van der Waals surface area contributed by atoms with Crippen molar-refractivity contribution in [3.63, 3.8) is 0 Å². The van der Waals surface area contributed by atoms with Crippen LogP contribution in [0.2, 0.25) is 0 Å². The third kappa shape index (κ3) is 2.63. The molecule has 3 rings (SSSR count). The third-order valence-electron chi connectivity index (χ3n) is 3.88. The minimum atomic E-state index is -0.180. The van der Waals surface area contributed by atoms with E-state index < -0.39 is 0 Å². The molecule has 0 atom stereocenters. The highest BCUT2D eigenvalue weighted by atomic mass is 32.1. The smallest absolute Gasteiger partial charge is 0.124 e.